The second kappa shape index (κ2) is 6.88. The number of hydrogen-bond acceptors (Lipinski definition) is 3. The number of benzene rings is 2. The minimum Gasteiger partial charge on any atom is -0.361 e. The third-order valence-electron chi connectivity index (χ3n) is 4.48. The fraction of sp³-hybridized carbons (Fsp3) is 0.100. The van der Waals surface area contributed by atoms with Gasteiger partial charge in [0.1, 0.15) is 11.6 Å². The van der Waals surface area contributed by atoms with Crippen molar-refractivity contribution in [3.05, 3.63) is 87.7 Å². The standard InChI is InChI=1S/C20H15F3N4O/c1-11-15-4-5-24-18(15)3-2-17(11)25-20-26-19(28)16(23)10-27(20)9-12-6-13(21)8-14(22)7-12/h2-8,10,24H,9H2,1H3,(H,25,26,28). The first-order valence-corrected chi connectivity index (χ1v) is 8.46. The zero-order chi connectivity index (χ0) is 19.8. The first-order valence-electron chi connectivity index (χ1n) is 8.46. The SMILES string of the molecule is Cc1c(Nc2nc(=O)c(F)cn2Cc2cc(F)cc(F)c2)ccc2[nH]ccc12. The van der Waals surface area contributed by atoms with E-state index >= 15 is 0 Å². The quantitative estimate of drug-likeness (QED) is 0.553. The first-order chi connectivity index (χ1) is 13.4. The number of anilines is 2. The summed E-state index contributed by atoms with van der Waals surface area (Å²) < 4.78 is 42.1. The number of H-pyrrole nitrogens is 1. The maximum Gasteiger partial charge on any atom is 0.310 e. The van der Waals surface area contributed by atoms with Gasteiger partial charge in [-0.05, 0) is 48.4 Å². The Bertz CT molecular complexity index is 1230. The van der Waals surface area contributed by atoms with Crippen LogP contribution in [0.15, 0.2) is 53.6 Å². The van der Waals surface area contributed by atoms with Crippen molar-refractivity contribution < 1.29 is 13.2 Å². The number of aromatic nitrogens is 3. The Hall–Kier alpha value is -3.55. The molecule has 0 spiro atoms. The van der Waals surface area contributed by atoms with E-state index in [0.717, 1.165) is 40.9 Å². The van der Waals surface area contributed by atoms with Crippen LogP contribution in [0.1, 0.15) is 11.1 Å². The number of nitrogens with zero attached hydrogens (tertiary/aromatic N) is 2. The van der Waals surface area contributed by atoms with Crippen LogP contribution in [0, 0.1) is 24.4 Å². The minimum atomic E-state index is -1.06. The summed E-state index contributed by atoms with van der Waals surface area (Å²) in [6.45, 7) is 1.82. The van der Waals surface area contributed by atoms with Crippen LogP contribution in [0.2, 0.25) is 0 Å². The second-order valence-electron chi connectivity index (χ2n) is 6.43. The zero-order valence-electron chi connectivity index (χ0n) is 14.8. The molecule has 4 aromatic rings. The van der Waals surface area contributed by atoms with Crippen LogP contribution in [-0.4, -0.2) is 14.5 Å². The molecule has 0 amide bonds. The summed E-state index contributed by atoms with van der Waals surface area (Å²) in [5.74, 6) is -2.48. The topological polar surface area (TPSA) is 62.7 Å². The number of rotatable bonds is 4. The van der Waals surface area contributed by atoms with Gasteiger partial charge in [-0.3, -0.25) is 4.79 Å². The van der Waals surface area contributed by atoms with Crippen molar-refractivity contribution in [2.45, 2.75) is 13.5 Å². The summed E-state index contributed by atoms with van der Waals surface area (Å²) in [5, 5.41) is 4.00. The lowest BCUT2D eigenvalue weighted by Gasteiger charge is -2.16. The van der Waals surface area contributed by atoms with E-state index in [2.05, 4.69) is 15.3 Å². The normalized spacial score (nSPS) is 11.1. The first kappa shape index (κ1) is 17.8. The van der Waals surface area contributed by atoms with E-state index in [9.17, 15) is 18.0 Å². The number of halogens is 3. The van der Waals surface area contributed by atoms with Gasteiger partial charge in [-0.25, -0.2) is 8.78 Å². The van der Waals surface area contributed by atoms with E-state index in [-0.39, 0.29) is 18.1 Å². The molecule has 0 radical (unpaired) electrons. The van der Waals surface area contributed by atoms with Gasteiger partial charge in [0.05, 0.1) is 6.54 Å². The van der Waals surface area contributed by atoms with E-state index in [1.54, 1.807) is 6.07 Å². The molecule has 4 rings (SSSR count). The summed E-state index contributed by atoms with van der Waals surface area (Å²) in [5.41, 5.74) is 1.76. The molecule has 0 aliphatic carbocycles. The van der Waals surface area contributed by atoms with Crippen LogP contribution in [0.5, 0.6) is 0 Å². The Morgan fingerprint density at radius 3 is 2.61 bits per heavy atom. The average molecular weight is 384 g/mol. The molecule has 0 fully saturated rings. The molecule has 0 unspecified atom stereocenters. The van der Waals surface area contributed by atoms with Crippen LogP contribution < -0.4 is 10.9 Å². The molecule has 5 nitrogen and oxygen atoms in total. The van der Waals surface area contributed by atoms with Crippen molar-refractivity contribution in [2.75, 3.05) is 5.32 Å². The maximum absolute atomic E-state index is 13.8. The summed E-state index contributed by atoms with van der Waals surface area (Å²) >= 11 is 0. The van der Waals surface area contributed by atoms with Gasteiger partial charge in [0.15, 0.2) is 0 Å². The minimum absolute atomic E-state index is 0.0639. The molecule has 2 heterocycles. The zero-order valence-corrected chi connectivity index (χ0v) is 14.8. The number of aromatic amines is 1. The Morgan fingerprint density at radius 2 is 1.86 bits per heavy atom. The average Bonchev–Trinajstić information content (AvgIpc) is 3.10. The molecule has 142 valence electrons. The van der Waals surface area contributed by atoms with Gasteiger partial charge >= 0.3 is 5.56 Å². The molecule has 0 atom stereocenters. The van der Waals surface area contributed by atoms with Crippen molar-refractivity contribution in [1.82, 2.24) is 14.5 Å². The van der Waals surface area contributed by atoms with E-state index in [0.29, 0.717) is 5.69 Å². The molecule has 0 bridgehead atoms. The van der Waals surface area contributed by atoms with E-state index in [4.69, 9.17) is 0 Å². The summed E-state index contributed by atoms with van der Waals surface area (Å²) in [4.78, 5) is 18.6. The lowest BCUT2D eigenvalue weighted by atomic mass is 10.1. The Morgan fingerprint density at radius 1 is 1.11 bits per heavy atom. The molecule has 0 aliphatic rings. The highest BCUT2D eigenvalue weighted by Crippen LogP contribution is 2.27. The van der Waals surface area contributed by atoms with E-state index < -0.39 is 23.0 Å². The van der Waals surface area contributed by atoms with Crippen molar-refractivity contribution in [1.29, 1.82) is 0 Å². The number of nitrogens with one attached hydrogen (secondary N) is 2. The van der Waals surface area contributed by atoms with Gasteiger partial charge in [-0.1, -0.05) is 0 Å². The molecule has 8 heteroatoms. The fourth-order valence-electron chi connectivity index (χ4n) is 3.13. The Kier molecular flexibility index (Phi) is 4.38. The Labute approximate surface area is 157 Å². The molecular weight excluding hydrogens is 369 g/mol. The van der Waals surface area contributed by atoms with E-state index in [1.165, 1.54) is 4.57 Å². The second-order valence-corrected chi connectivity index (χ2v) is 6.43. The lowest BCUT2D eigenvalue weighted by Crippen LogP contribution is -2.20. The number of hydrogen-bond donors (Lipinski definition) is 2. The van der Waals surface area contributed by atoms with Crippen molar-refractivity contribution in [3.63, 3.8) is 0 Å². The van der Waals surface area contributed by atoms with E-state index in [1.807, 2.05) is 25.3 Å². The molecule has 2 aromatic heterocycles. The lowest BCUT2D eigenvalue weighted by molar-refractivity contribution is 0.568. The predicted octanol–water partition coefficient (Wildman–Crippen LogP) is 4.24. The van der Waals surface area contributed by atoms with Gasteiger partial charge in [0.25, 0.3) is 0 Å². The van der Waals surface area contributed by atoms with Crippen LogP contribution in [-0.2, 0) is 6.54 Å². The van der Waals surface area contributed by atoms with Crippen molar-refractivity contribution >= 4 is 22.5 Å². The van der Waals surface area contributed by atoms with Crippen LogP contribution in [0.25, 0.3) is 10.9 Å². The van der Waals surface area contributed by atoms with Crippen LogP contribution >= 0.6 is 0 Å². The Balaban J connectivity index is 1.76. The molecule has 2 aromatic carbocycles. The van der Waals surface area contributed by atoms with Gasteiger partial charge in [-0.2, -0.15) is 9.37 Å². The molecule has 0 aliphatic heterocycles. The largest absolute Gasteiger partial charge is 0.361 e. The fourth-order valence-corrected chi connectivity index (χ4v) is 3.13. The summed E-state index contributed by atoms with van der Waals surface area (Å²) in [6, 6.07) is 8.60. The van der Waals surface area contributed by atoms with Crippen LogP contribution in [0.3, 0.4) is 0 Å². The van der Waals surface area contributed by atoms with Crippen LogP contribution in [0.4, 0.5) is 24.8 Å². The molecule has 0 saturated carbocycles. The molecule has 2 N–H and O–H groups in total. The van der Waals surface area contributed by atoms with Gasteiger partial charge < -0.3 is 14.9 Å². The highest BCUT2D eigenvalue weighted by molar-refractivity contribution is 5.88. The highest BCUT2D eigenvalue weighted by Gasteiger charge is 2.12. The van der Waals surface area contributed by atoms with Crippen molar-refractivity contribution in [3.8, 4) is 0 Å². The summed E-state index contributed by atoms with van der Waals surface area (Å²) in [7, 11) is 0. The van der Waals surface area contributed by atoms with Gasteiger partial charge in [0, 0.05) is 35.1 Å². The molecular formula is C20H15F3N4O. The molecule has 28 heavy (non-hydrogen) atoms. The monoisotopic (exact) mass is 384 g/mol. The third kappa shape index (κ3) is 3.36. The molecule has 0 saturated heterocycles. The number of fused-ring (bicyclic) bond motifs is 1. The summed E-state index contributed by atoms with van der Waals surface area (Å²) in [6.07, 6.45) is 2.77. The van der Waals surface area contributed by atoms with Gasteiger partial charge in [0.2, 0.25) is 11.8 Å². The van der Waals surface area contributed by atoms with Gasteiger partial charge in [-0.15, -0.1) is 0 Å². The van der Waals surface area contributed by atoms with Crippen molar-refractivity contribution in [2.24, 2.45) is 0 Å². The third-order valence-corrected chi connectivity index (χ3v) is 4.48. The smallest absolute Gasteiger partial charge is 0.310 e. The number of aryl methyl sites for hydroxylation is 1. The predicted molar refractivity (Wildman–Crippen MR) is 100 cm³/mol. The maximum atomic E-state index is 13.8. The highest BCUT2D eigenvalue weighted by atomic mass is 19.1.